The van der Waals surface area contributed by atoms with E-state index < -0.39 is 0 Å². The molecular formula is C9H6N2. The first-order valence-corrected chi connectivity index (χ1v) is 3.08. The second-order valence-electron chi connectivity index (χ2n) is 1.96. The zero-order chi connectivity index (χ0) is 8.10. The molecule has 0 unspecified atom stereocenters. The standard InChI is InChI=1S/C9H6N2/c1-2-8-3-5-9(6-4-8)11-7-10/h1,3-6,11H. The Hall–Kier alpha value is -1.93. The van der Waals surface area contributed by atoms with E-state index in [1.807, 2.05) is 6.19 Å². The number of rotatable bonds is 1. The maximum atomic E-state index is 8.24. The van der Waals surface area contributed by atoms with Gasteiger partial charge >= 0.3 is 0 Å². The lowest BCUT2D eigenvalue weighted by molar-refractivity contribution is 1.47. The molecule has 2 nitrogen and oxygen atoms in total. The molecule has 0 amide bonds. The lowest BCUT2D eigenvalue weighted by atomic mass is 10.2. The number of nitrogens with zero attached hydrogens (tertiary/aromatic N) is 1. The van der Waals surface area contributed by atoms with Crippen molar-refractivity contribution in [3.63, 3.8) is 0 Å². The quantitative estimate of drug-likeness (QED) is 0.367. The maximum absolute atomic E-state index is 8.24. The number of anilines is 1. The Morgan fingerprint density at radius 1 is 1.27 bits per heavy atom. The predicted molar refractivity (Wildman–Crippen MR) is 43.6 cm³/mol. The van der Waals surface area contributed by atoms with Crippen LogP contribution < -0.4 is 5.32 Å². The van der Waals surface area contributed by atoms with Crippen molar-refractivity contribution >= 4 is 5.69 Å². The number of hydrogen-bond acceptors (Lipinski definition) is 2. The van der Waals surface area contributed by atoms with E-state index in [1.54, 1.807) is 24.3 Å². The Morgan fingerprint density at radius 2 is 1.91 bits per heavy atom. The molecule has 0 saturated heterocycles. The van der Waals surface area contributed by atoms with Crippen molar-refractivity contribution in [1.29, 1.82) is 5.26 Å². The van der Waals surface area contributed by atoms with Crippen molar-refractivity contribution in [2.45, 2.75) is 0 Å². The molecule has 52 valence electrons. The molecule has 1 aromatic rings. The molecule has 0 spiro atoms. The summed E-state index contributed by atoms with van der Waals surface area (Å²) in [6, 6.07) is 7.08. The lowest BCUT2D eigenvalue weighted by Gasteiger charge is -1.94. The van der Waals surface area contributed by atoms with Crippen LogP contribution in [0.25, 0.3) is 0 Å². The Balaban J connectivity index is 2.87. The summed E-state index contributed by atoms with van der Waals surface area (Å²) in [7, 11) is 0. The summed E-state index contributed by atoms with van der Waals surface area (Å²) in [5.41, 5.74) is 1.57. The summed E-state index contributed by atoms with van der Waals surface area (Å²) in [5, 5.41) is 10.7. The third kappa shape index (κ3) is 1.74. The zero-order valence-electron chi connectivity index (χ0n) is 5.83. The van der Waals surface area contributed by atoms with Gasteiger partial charge < -0.3 is 0 Å². The van der Waals surface area contributed by atoms with Crippen LogP contribution in [0.4, 0.5) is 5.69 Å². The molecule has 0 heterocycles. The van der Waals surface area contributed by atoms with Crippen LogP contribution in [0.15, 0.2) is 24.3 Å². The van der Waals surface area contributed by atoms with Crippen LogP contribution in [0.2, 0.25) is 0 Å². The molecule has 1 aromatic carbocycles. The van der Waals surface area contributed by atoms with Crippen LogP contribution in [0.3, 0.4) is 0 Å². The van der Waals surface area contributed by atoms with Crippen molar-refractivity contribution in [1.82, 2.24) is 0 Å². The molecule has 0 fully saturated rings. The summed E-state index contributed by atoms with van der Waals surface area (Å²) in [4.78, 5) is 0. The van der Waals surface area contributed by atoms with E-state index >= 15 is 0 Å². The van der Waals surface area contributed by atoms with Gasteiger partial charge in [-0.05, 0) is 24.3 Å². The third-order valence-corrected chi connectivity index (χ3v) is 1.25. The highest BCUT2D eigenvalue weighted by Crippen LogP contribution is 2.07. The Kier molecular flexibility index (Phi) is 2.15. The Morgan fingerprint density at radius 3 is 2.36 bits per heavy atom. The van der Waals surface area contributed by atoms with E-state index in [4.69, 9.17) is 11.7 Å². The van der Waals surface area contributed by atoms with Crippen molar-refractivity contribution in [3.8, 4) is 18.5 Å². The van der Waals surface area contributed by atoms with E-state index in [0.29, 0.717) is 0 Å². The monoisotopic (exact) mass is 142 g/mol. The highest BCUT2D eigenvalue weighted by atomic mass is 14.9. The molecule has 0 aromatic heterocycles. The average molecular weight is 142 g/mol. The van der Waals surface area contributed by atoms with Crippen LogP contribution in [0.1, 0.15) is 5.56 Å². The van der Waals surface area contributed by atoms with Gasteiger partial charge in [0.2, 0.25) is 0 Å². The van der Waals surface area contributed by atoms with E-state index in [0.717, 1.165) is 11.3 Å². The second-order valence-corrected chi connectivity index (χ2v) is 1.96. The lowest BCUT2D eigenvalue weighted by Crippen LogP contribution is -1.85. The van der Waals surface area contributed by atoms with Gasteiger partial charge in [0, 0.05) is 11.3 Å². The van der Waals surface area contributed by atoms with Crippen LogP contribution >= 0.6 is 0 Å². The molecular weight excluding hydrogens is 136 g/mol. The van der Waals surface area contributed by atoms with Gasteiger partial charge in [0.05, 0.1) is 0 Å². The Bertz CT molecular complexity index is 311. The molecule has 2 heteroatoms. The molecule has 0 aliphatic heterocycles. The minimum atomic E-state index is 0.756. The third-order valence-electron chi connectivity index (χ3n) is 1.25. The van der Waals surface area contributed by atoms with Crippen LogP contribution in [0.5, 0.6) is 0 Å². The first-order chi connectivity index (χ1) is 5.36. The van der Waals surface area contributed by atoms with Crippen LogP contribution in [-0.2, 0) is 0 Å². The minimum Gasteiger partial charge on any atom is -0.293 e. The van der Waals surface area contributed by atoms with Crippen molar-refractivity contribution in [3.05, 3.63) is 29.8 Å². The smallest absolute Gasteiger partial charge is 0.181 e. The van der Waals surface area contributed by atoms with E-state index in [1.165, 1.54) is 0 Å². The van der Waals surface area contributed by atoms with Crippen LogP contribution in [-0.4, -0.2) is 0 Å². The highest BCUT2D eigenvalue weighted by Gasteiger charge is 1.88. The van der Waals surface area contributed by atoms with Gasteiger partial charge in [-0.15, -0.1) is 6.42 Å². The summed E-state index contributed by atoms with van der Waals surface area (Å²) in [5.74, 6) is 2.49. The molecule has 1 N–H and O–H groups in total. The number of nitriles is 1. The van der Waals surface area contributed by atoms with E-state index in [2.05, 4.69) is 11.2 Å². The molecule has 0 saturated carbocycles. The SMILES string of the molecule is C#Cc1ccc(NC#N)cc1. The zero-order valence-corrected chi connectivity index (χ0v) is 5.83. The molecule has 11 heavy (non-hydrogen) atoms. The fourth-order valence-electron chi connectivity index (χ4n) is 0.714. The average Bonchev–Trinajstić information content (AvgIpc) is 2.07. The van der Waals surface area contributed by atoms with Gasteiger partial charge in [0.15, 0.2) is 6.19 Å². The fourth-order valence-corrected chi connectivity index (χ4v) is 0.714. The highest BCUT2D eigenvalue weighted by molar-refractivity contribution is 5.49. The first kappa shape index (κ1) is 7.18. The largest absolute Gasteiger partial charge is 0.293 e. The van der Waals surface area contributed by atoms with Gasteiger partial charge in [0.25, 0.3) is 0 Å². The van der Waals surface area contributed by atoms with Gasteiger partial charge in [-0.1, -0.05) is 5.92 Å². The number of hydrogen-bond donors (Lipinski definition) is 1. The summed E-state index contributed by atoms with van der Waals surface area (Å²) in [6.07, 6.45) is 6.96. The topological polar surface area (TPSA) is 35.8 Å². The summed E-state index contributed by atoms with van der Waals surface area (Å²) >= 11 is 0. The molecule has 1 rings (SSSR count). The summed E-state index contributed by atoms with van der Waals surface area (Å²) < 4.78 is 0. The molecule has 0 atom stereocenters. The molecule has 0 aliphatic rings. The van der Waals surface area contributed by atoms with Gasteiger partial charge in [-0.3, -0.25) is 5.32 Å². The van der Waals surface area contributed by atoms with E-state index in [-0.39, 0.29) is 0 Å². The predicted octanol–water partition coefficient (Wildman–Crippen LogP) is 1.56. The summed E-state index contributed by atoms with van der Waals surface area (Å²) in [6.45, 7) is 0. The van der Waals surface area contributed by atoms with Crippen molar-refractivity contribution < 1.29 is 0 Å². The number of benzene rings is 1. The molecule has 0 radical (unpaired) electrons. The van der Waals surface area contributed by atoms with Gasteiger partial charge in [-0.2, -0.15) is 5.26 Å². The maximum Gasteiger partial charge on any atom is 0.181 e. The van der Waals surface area contributed by atoms with Crippen molar-refractivity contribution in [2.24, 2.45) is 0 Å². The van der Waals surface area contributed by atoms with Gasteiger partial charge in [0.1, 0.15) is 0 Å². The Labute approximate surface area is 65.5 Å². The molecule has 0 bridgehead atoms. The van der Waals surface area contributed by atoms with E-state index in [9.17, 15) is 0 Å². The fraction of sp³-hybridized carbons (Fsp3) is 0. The second kappa shape index (κ2) is 3.29. The number of nitrogens with one attached hydrogen (secondary N) is 1. The normalized spacial score (nSPS) is 7.82. The minimum absolute atomic E-state index is 0.756. The van der Waals surface area contributed by atoms with Crippen LogP contribution in [0, 0.1) is 23.8 Å². The number of terminal acetylenes is 1. The molecule has 0 aliphatic carbocycles. The first-order valence-electron chi connectivity index (χ1n) is 3.08. The van der Waals surface area contributed by atoms with Crippen molar-refractivity contribution in [2.75, 3.05) is 5.32 Å². The van der Waals surface area contributed by atoms with Gasteiger partial charge in [-0.25, -0.2) is 0 Å².